The molecule has 19 heavy (non-hydrogen) atoms. The van der Waals surface area contributed by atoms with Crippen LogP contribution in [0.2, 0.25) is 0 Å². The summed E-state index contributed by atoms with van der Waals surface area (Å²) < 4.78 is 10.7. The summed E-state index contributed by atoms with van der Waals surface area (Å²) in [5.74, 6) is -0.401. The number of fused-ring (bicyclic) bond motifs is 4. The van der Waals surface area contributed by atoms with Crippen LogP contribution in [0.25, 0.3) is 0 Å². The minimum Gasteiger partial charge on any atom is -0.469 e. The van der Waals surface area contributed by atoms with Crippen LogP contribution in [0.5, 0.6) is 5.75 Å². The monoisotopic (exact) mass is 262 g/mol. The second-order valence-corrected chi connectivity index (χ2v) is 4.82. The first-order valence-corrected chi connectivity index (χ1v) is 5.99. The number of amides is 2. The maximum Gasteiger partial charge on any atom is 0.318 e. The number of esters is 1. The third-order valence-corrected chi connectivity index (χ3v) is 3.61. The summed E-state index contributed by atoms with van der Waals surface area (Å²) in [7, 11) is 1.32. The first-order valence-electron chi connectivity index (χ1n) is 5.99. The number of rotatable bonds is 1. The molecule has 0 aromatic heterocycles. The molecule has 0 radical (unpaired) electrons. The van der Waals surface area contributed by atoms with Crippen LogP contribution in [0.15, 0.2) is 24.3 Å². The van der Waals surface area contributed by atoms with Crippen molar-refractivity contribution >= 4 is 12.0 Å². The summed E-state index contributed by atoms with van der Waals surface area (Å²) in [4.78, 5) is 23.7. The van der Waals surface area contributed by atoms with Crippen molar-refractivity contribution in [1.29, 1.82) is 0 Å². The molecule has 6 heteroatoms. The first-order chi connectivity index (χ1) is 9.05. The van der Waals surface area contributed by atoms with E-state index in [1.54, 1.807) is 6.92 Å². The molecular formula is C13H14N2O4. The maximum absolute atomic E-state index is 12.0. The number of urea groups is 1. The van der Waals surface area contributed by atoms with Crippen molar-refractivity contribution in [3.8, 4) is 5.75 Å². The van der Waals surface area contributed by atoms with E-state index in [0.29, 0.717) is 5.75 Å². The van der Waals surface area contributed by atoms with Crippen LogP contribution >= 0.6 is 0 Å². The second-order valence-electron chi connectivity index (χ2n) is 4.82. The van der Waals surface area contributed by atoms with Crippen molar-refractivity contribution in [3.05, 3.63) is 29.8 Å². The molecule has 3 atom stereocenters. The Morgan fingerprint density at radius 3 is 2.89 bits per heavy atom. The Morgan fingerprint density at radius 2 is 2.16 bits per heavy atom. The predicted octanol–water partition coefficient (Wildman–Crippen LogP) is 0.938. The second kappa shape index (κ2) is 3.88. The van der Waals surface area contributed by atoms with Crippen LogP contribution in [0.1, 0.15) is 18.5 Å². The number of hydrogen-bond acceptors (Lipinski definition) is 4. The molecule has 0 aliphatic carbocycles. The molecule has 1 aromatic carbocycles. The lowest BCUT2D eigenvalue weighted by molar-refractivity contribution is -0.160. The van der Waals surface area contributed by atoms with E-state index >= 15 is 0 Å². The van der Waals surface area contributed by atoms with Crippen molar-refractivity contribution in [2.75, 3.05) is 7.11 Å². The Kier molecular flexibility index (Phi) is 2.41. The summed E-state index contributed by atoms with van der Waals surface area (Å²) >= 11 is 0. The quantitative estimate of drug-likeness (QED) is 0.738. The molecule has 2 bridgehead atoms. The van der Waals surface area contributed by atoms with Gasteiger partial charge in [-0.15, -0.1) is 0 Å². The van der Waals surface area contributed by atoms with Gasteiger partial charge in [-0.25, -0.2) is 4.79 Å². The third kappa shape index (κ3) is 1.63. The van der Waals surface area contributed by atoms with Gasteiger partial charge in [-0.2, -0.15) is 0 Å². The Bertz CT molecular complexity index is 559. The molecule has 0 unspecified atom stereocenters. The summed E-state index contributed by atoms with van der Waals surface area (Å²) in [6, 6.07) is 6.53. The van der Waals surface area contributed by atoms with E-state index in [1.807, 2.05) is 24.3 Å². The fourth-order valence-corrected chi connectivity index (χ4v) is 2.77. The summed E-state index contributed by atoms with van der Waals surface area (Å²) in [6.07, 6.45) is 0. The van der Waals surface area contributed by atoms with Gasteiger partial charge in [-0.1, -0.05) is 18.2 Å². The first kappa shape index (κ1) is 11.8. The third-order valence-electron chi connectivity index (χ3n) is 3.61. The number of ether oxygens (including phenoxy) is 2. The molecule has 6 nitrogen and oxygen atoms in total. The Morgan fingerprint density at radius 1 is 1.42 bits per heavy atom. The smallest absolute Gasteiger partial charge is 0.318 e. The highest BCUT2D eigenvalue weighted by Gasteiger charge is 2.56. The van der Waals surface area contributed by atoms with Crippen molar-refractivity contribution in [2.24, 2.45) is 5.92 Å². The minimum absolute atomic E-state index is 0.359. The maximum atomic E-state index is 12.0. The van der Waals surface area contributed by atoms with E-state index in [1.165, 1.54) is 7.11 Å². The lowest BCUT2D eigenvalue weighted by atomic mass is 9.80. The lowest BCUT2D eigenvalue weighted by Crippen LogP contribution is -2.70. The number of benzene rings is 1. The van der Waals surface area contributed by atoms with Gasteiger partial charge in [-0.3, -0.25) is 10.1 Å². The van der Waals surface area contributed by atoms with E-state index in [4.69, 9.17) is 9.47 Å². The molecule has 0 saturated carbocycles. The van der Waals surface area contributed by atoms with E-state index in [-0.39, 0.29) is 6.03 Å². The normalized spacial score (nSPS) is 31.4. The van der Waals surface area contributed by atoms with E-state index in [9.17, 15) is 9.59 Å². The highest BCUT2D eigenvalue weighted by Crippen LogP contribution is 2.44. The summed E-state index contributed by atoms with van der Waals surface area (Å²) in [6.45, 7) is 1.68. The minimum atomic E-state index is -1.10. The van der Waals surface area contributed by atoms with Crippen LogP contribution in [0, 0.1) is 5.92 Å². The number of methoxy groups -OCH3 is 1. The van der Waals surface area contributed by atoms with Gasteiger partial charge >= 0.3 is 12.0 Å². The number of para-hydroxylation sites is 1. The highest BCUT2D eigenvalue weighted by atomic mass is 16.5. The van der Waals surface area contributed by atoms with Crippen LogP contribution < -0.4 is 15.4 Å². The average Bonchev–Trinajstić information content (AvgIpc) is 2.36. The van der Waals surface area contributed by atoms with Crippen LogP contribution in [-0.2, 0) is 9.53 Å². The van der Waals surface area contributed by atoms with E-state index in [0.717, 1.165) is 5.56 Å². The van der Waals surface area contributed by atoms with Gasteiger partial charge in [0.1, 0.15) is 11.7 Å². The molecule has 2 aliphatic rings. The van der Waals surface area contributed by atoms with Gasteiger partial charge in [0.05, 0.1) is 13.2 Å². The standard InChI is InChI=1S/C13H14N2O4/c1-13-9(11(16)18-2)10(14-12(17)15-13)7-5-3-4-6-8(7)19-13/h3-6,9-10H,1-2H3,(H2,14,15,17)/t9-,10+,13-/m0/s1. The highest BCUT2D eigenvalue weighted by molar-refractivity contribution is 5.84. The van der Waals surface area contributed by atoms with Gasteiger partial charge in [0.25, 0.3) is 0 Å². The molecule has 100 valence electrons. The van der Waals surface area contributed by atoms with Gasteiger partial charge in [0, 0.05) is 5.56 Å². The fourth-order valence-electron chi connectivity index (χ4n) is 2.77. The molecule has 2 N–H and O–H groups in total. The Balaban J connectivity index is 2.14. The Hall–Kier alpha value is -2.24. The molecule has 2 heterocycles. The fraction of sp³-hybridized carbons (Fsp3) is 0.385. The number of nitrogens with one attached hydrogen (secondary N) is 2. The Labute approximate surface area is 110 Å². The predicted molar refractivity (Wildman–Crippen MR) is 65.4 cm³/mol. The van der Waals surface area contributed by atoms with Crippen LogP contribution in [0.3, 0.4) is 0 Å². The van der Waals surface area contributed by atoms with Crippen molar-refractivity contribution in [2.45, 2.75) is 18.7 Å². The van der Waals surface area contributed by atoms with Crippen molar-refractivity contribution in [1.82, 2.24) is 10.6 Å². The van der Waals surface area contributed by atoms with Crippen LogP contribution in [0.4, 0.5) is 4.79 Å². The SMILES string of the molecule is COC(=O)[C@@H]1[C@@H]2NC(=O)N[C@@]1(C)Oc1ccccc12. The summed E-state index contributed by atoms with van der Waals surface area (Å²) in [5.41, 5.74) is -0.320. The van der Waals surface area contributed by atoms with E-state index in [2.05, 4.69) is 10.6 Å². The lowest BCUT2D eigenvalue weighted by Gasteiger charge is -2.48. The van der Waals surface area contributed by atoms with Gasteiger partial charge in [0.2, 0.25) is 0 Å². The molecule has 3 rings (SSSR count). The zero-order valence-corrected chi connectivity index (χ0v) is 10.6. The van der Waals surface area contributed by atoms with E-state index < -0.39 is 23.7 Å². The number of carbonyl (C=O) groups excluding carboxylic acids is 2. The van der Waals surface area contributed by atoms with Gasteiger partial charge in [0.15, 0.2) is 5.72 Å². The molecule has 2 amide bonds. The molecule has 0 spiro atoms. The molecule has 1 aromatic rings. The zero-order valence-electron chi connectivity index (χ0n) is 10.6. The number of carbonyl (C=O) groups is 2. The topological polar surface area (TPSA) is 76.7 Å². The average molecular weight is 262 g/mol. The molecular weight excluding hydrogens is 248 g/mol. The summed E-state index contributed by atoms with van der Waals surface area (Å²) in [5, 5.41) is 5.42. The largest absolute Gasteiger partial charge is 0.469 e. The number of hydrogen-bond donors (Lipinski definition) is 2. The molecule has 1 fully saturated rings. The van der Waals surface area contributed by atoms with Crippen molar-refractivity contribution < 1.29 is 19.1 Å². The van der Waals surface area contributed by atoms with Gasteiger partial charge < -0.3 is 14.8 Å². The molecule has 1 saturated heterocycles. The van der Waals surface area contributed by atoms with Crippen molar-refractivity contribution in [3.63, 3.8) is 0 Å². The zero-order chi connectivity index (χ0) is 13.6. The molecule has 2 aliphatic heterocycles. The van der Waals surface area contributed by atoms with Crippen LogP contribution in [-0.4, -0.2) is 24.8 Å². The van der Waals surface area contributed by atoms with Gasteiger partial charge in [-0.05, 0) is 13.0 Å².